The van der Waals surface area contributed by atoms with E-state index in [9.17, 15) is 27.6 Å². The van der Waals surface area contributed by atoms with Gasteiger partial charge in [0.2, 0.25) is 5.91 Å². The van der Waals surface area contributed by atoms with E-state index in [1.54, 1.807) is 25.1 Å². The number of amides is 1. The number of anilines is 2. The lowest BCUT2D eigenvalue weighted by atomic mass is 9.98. The Bertz CT molecular complexity index is 1330. The average Bonchev–Trinajstić information content (AvgIpc) is 3.46. The number of ketones is 2. The molecule has 0 atom stereocenters. The number of hydrogen-bond donors (Lipinski definition) is 2. The van der Waals surface area contributed by atoms with Crippen LogP contribution in [0.15, 0.2) is 42.7 Å². The molecule has 1 aliphatic rings. The Balaban J connectivity index is 1.33. The summed E-state index contributed by atoms with van der Waals surface area (Å²) in [6.07, 6.45) is -0.208. The molecule has 11 heteroatoms. The summed E-state index contributed by atoms with van der Waals surface area (Å²) in [7, 11) is 0. The summed E-state index contributed by atoms with van der Waals surface area (Å²) < 4.78 is 40.1. The molecule has 0 aliphatic heterocycles. The predicted molar refractivity (Wildman–Crippen MR) is 133 cm³/mol. The van der Waals surface area contributed by atoms with E-state index in [2.05, 4.69) is 20.6 Å². The molecular weight excluding hydrogens is 505 g/mol. The molecule has 3 aromatic rings. The van der Waals surface area contributed by atoms with E-state index in [4.69, 9.17) is 0 Å². The van der Waals surface area contributed by atoms with Crippen LogP contribution in [-0.2, 0) is 28.7 Å². The minimum Gasteiger partial charge on any atom is -0.354 e. The molecule has 2 N–H and O–H groups in total. The first-order valence-corrected chi connectivity index (χ1v) is 12.4. The number of thiazole rings is 1. The van der Waals surface area contributed by atoms with Crippen LogP contribution in [0.2, 0.25) is 0 Å². The van der Waals surface area contributed by atoms with Crippen molar-refractivity contribution in [1.82, 2.24) is 15.3 Å². The minimum atomic E-state index is -4.50. The van der Waals surface area contributed by atoms with E-state index in [-0.39, 0.29) is 42.5 Å². The zero-order valence-electron chi connectivity index (χ0n) is 20.2. The summed E-state index contributed by atoms with van der Waals surface area (Å²) >= 11 is 1.17. The van der Waals surface area contributed by atoms with Crippen LogP contribution >= 0.6 is 11.3 Å². The van der Waals surface area contributed by atoms with Crippen LogP contribution in [0.25, 0.3) is 0 Å². The predicted octanol–water partition coefficient (Wildman–Crippen LogP) is 5.41. The van der Waals surface area contributed by atoms with Crippen LogP contribution in [0.1, 0.15) is 57.7 Å². The Hall–Kier alpha value is -3.60. The highest BCUT2D eigenvalue weighted by molar-refractivity contribution is 7.13. The Labute approximate surface area is 215 Å². The third-order valence-corrected chi connectivity index (χ3v) is 7.12. The number of nitrogens with one attached hydrogen (secondary N) is 2. The number of halogens is 3. The van der Waals surface area contributed by atoms with Gasteiger partial charge in [0, 0.05) is 12.6 Å². The number of alkyl halides is 3. The van der Waals surface area contributed by atoms with Gasteiger partial charge in [-0.05, 0) is 51.0 Å². The number of carbonyl (C=O) groups excluding carboxylic acids is 3. The van der Waals surface area contributed by atoms with E-state index in [1.807, 2.05) is 0 Å². The molecular formula is C26H25F3N4O3S. The topological polar surface area (TPSA) is 101 Å². The zero-order valence-corrected chi connectivity index (χ0v) is 21.1. The molecule has 0 unspecified atom stereocenters. The second kappa shape index (κ2) is 10.4. The van der Waals surface area contributed by atoms with Crippen molar-refractivity contribution in [3.05, 3.63) is 69.4 Å². The van der Waals surface area contributed by atoms with Crippen molar-refractivity contribution >= 4 is 40.2 Å². The van der Waals surface area contributed by atoms with Gasteiger partial charge in [-0.2, -0.15) is 13.2 Å². The van der Waals surface area contributed by atoms with Gasteiger partial charge in [-0.25, -0.2) is 4.98 Å². The molecule has 0 spiro atoms. The molecule has 1 aliphatic carbocycles. The summed E-state index contributed by atoms with van der Waals surface area (Å²) in [5, 5.41) is 6.14. The highest BCUT2D eigenvalue weighted by Gasteiger charge is 2.51. The quantitative estimate of drug-likeness (QED) is 0.340. The first-order chi connectivity index (χ1) is 17.4. The van der Waals surface area contributed by atoms with Crippen molar-refractivity contribution in [2.75, 3.05) is 5.32 Å². The number of carbonyl (C=O) groups is 3. The molecule has 0 bridgehead atoms. The van der Waals surface area contributed by atoms with Crippen LogP contribution in [0.5, 0.6) is 0 Å². The molecule has 1 amide bonds. The second-order valence-corrected chi connectivity index (χ2v) is 10.4. The summed E-state index contributed by atoms with van der Waals surface area (Å²) in [5.74, 6) is -0.458. The first kappa shape index (κ1) is 26.5. The van der Waals surface area contributed by atoms with Crippen molar-refractivity contribution in [2.24, 2.45) is 5.41 Å². The van der Waals surface area contributed by atoms with Crippen LogP contribution in [0.3, 0.4) is 0 Å². The smallest absolute Gasteiger partial charge is 0.354 e. The summed E-state index contributed by atoms with van der Waals surface area (Å²) in [5.41, 5.74) is -0.193. The molecule has 1 fully saturated rings. The standard InChI is InChI=1S/C26H25F3N4O3S/c1-15-3-6-20(19(9-15)26(27,28)29)33-18-5-4-17(30-13-18)12-32-24(36)25(7-8-25)11-21(35)22-14-31-23(37-22)10-16(2)34/h3-6,9,13-14,33H,7-8,10-12H2,1-2H3,(H,32,36). The number of pyridine rings is 1. The molecule has 4 rings (SSSR count). The molecule has 0 saturated heterocycles. The fourth-order valence-electron chi connectivity index (χ4n) is 3.88. The van der Waals surface area contributed by atoms with Gasteiger partial charge < -0.3 is 10.6 Å². The summed E-state index contributed by atoms with van der Waals surface area (Å²) in [4.78, 5) is 45.5. The van der Waals surface area contributed by atoms with Gasteiger partial charge in [0.25, 0.3) is 0 Å². The number of hydrogen-bond acceptors (Lipinski definition) is 7. The van der Waals surface area contributed by atoms with E-state index in [0.29, 0.717) is 39.7 Å². The van der Waals surface area contributed by atoms with Crippen molar-refractivity contribution in [3.8, 4) is 0 Å². The molecule has 1 aromatic carbocycles. The molecule has 37 heavy (non-hydrogen) atoms. The maximum Gasteiger partial charge on any atom is 0.418 e. The monoisotopic (exact) mass is 530 g/mol. The summed E-state index contributed by atoms with van der Waals surface area (Å²) in [6.45, 7) is 3.17. The van der Waals surface area contributed by atoms with Gasteiger partial charge in [0.1, 0.15) is 10.8 Å². The number of benzene rings is 1. The van der Waals surface area contributed by atoms with Gasteiger partial charge in [0.15, 0.2) is 5.78 Å². The van der Waals surface area contributed by atoms with Gasteiger partial charge in [-0.3, -0.25) is 19.4 Å². The van der Waals surface area contributed by atoms with E-state index in [0.717, 1.165) is 6.07 Å². The highest BCUT2D eigenvalue weighted by atomic mass is 32.1. The number of rotatable bonds is 10. The number of Topliss-reactive ketones (excluding diaryl/α,β-unsaturated/α-hetero) is 2. The molecule has 1 saturated carbocycles. The van der Waals surface area contributed by atoms with Gasteiger partial charge in [-0.15, -0.1) is 11.3 Å². The largest absolute Gasteiger partial charge is 0.418 e. The zero-order chi connectivity index (χ0) is 26.8. The Morgan fingerprint density at radius 1 is 1.08 bits per heavy atom. The number of aromatic nitrogens is 2. The SMILES string of the molecule is CC(=O)Cc1ncc(C(=O)CC2(C(=O)NCc3ccc(Nc4ccc(C)cc4C(F)(F)F)cn3)CC2)s1. The van der Waals surface area contributed by atoms with Gasteiger partial charge in [0.05, 0.1) is 52.1 Å². The van der Waals surface area contributed by atoms with Crippen LogP contribution in [0, 0.1) is 12.3 Å². The van der Waals surface area contributed by atoms with Crippen molar-refractivity contribution < 1.29 is 27.6 Å². The lowest BCUT2D eigenvalue weighted by Gasteiger charge is -2.16. The maximum absolute atomic E-state index is 13.4. The normalized spacial score (nSPS) is 14.2. The molecule has 2 aromatic heterocycles. The van der Waals surface area contributed by atoms with Crippen LogP contribution in [0.4, 0.5) is 24.5 Å². The molecule has 2 heterocycles. The van der Waals surface area contributed by atoms with Gasteiger partial charge in [-0.1, -0.05) is 11.6 Å². The third kappa shape index (κ3) is 6.59. The van der Waals surface area contributed by atoms with Crippen molar-refractivity contribution in [3.63, 3.8) is 0 Å². The first-order valence-electron chi connectivity index (χ1n) is 11.6. The van der Waals surface area contributed by atoms with E-state index >= 15 is 0 Å². The van der Waals surface area contributed by atoms with E-state index in [1.165, 1.54) is 36.7 Å². The average molecular weight is 531 g/mol. The highest BCUT2D eigenvalue weighted by Crippen LogP contribution is 2.50. The van der Waals surface area contributed by atoms with E-state index < -0.39 is 17.2 Å². The molecule has 7 nitrogen and oxygen atoms in total. The summed E-state index contributed by atoms with van der Waals surface area (Å²) in [6, 6.07) is 7.25. The molecule has 0 radical (unpaired) electrons. The minimum absolute atomic E-state index is 0.0370. The second-order valence-electron chi connectivity index (χ2n) is 9.27. The lowest BCUT2D eigenvalue weighted by Crippen LogP contribution is -2.33. The Morgan fingerprint density at radius 2 is 1.84 bits per heavy atom. The van der Waals surface area contributed by atoms with Crippen LogP contribution < -0.4 is 10.6 Å². The lowest BCUT2D eigenvalue weighted by molar-refractivity contribution is -0.137. The van der Waals surface area contributed by atoms with Crippen molar-refractivity contribution in [2.45, 2.75) is 52.3 Å². The van der Waals surface area contributed by atoms with Gasteiger partial charge >= 0.3 is 6.18 Å². The Kier molecular flexibility index (Phi) is 7.44. The third-order valence-electron chi connectivity index (χ3n) is 6.08. The maximum atomic E-state index is 13.4. The van der Waals surface area contributed by atoms with Crippen LogP contribution in [-0.4, -0.2) is 27.4 Å². The molecule has 194 valence electrons. The fourth-order valence-corrected chi connectivity index (χ4v) is 4.81. The number of aryl methyl sites for hydroxylation is 1. The van der Waals surface area contributed by atoms with Crippen molar-refractivity contribution in [1.29, 1.82) is 0 Å². The number of nitrogens with zero attached hydrogens (tertiary/aromatic N) is 2. The Morgan fingerprint density at radius 3 is 2.46 bits per heavy atom. The fraction of sp³-hybridized carbons (Fsp3) is 0.346.